The van der Waals surface area contributed by atoms with Gasteiger partial charge in [0, 0.05) is 6.20 Å². The third-order valence-electron chi connectivity index (χ3n) is 2.86. The first-order valence-corrected chi connectivity index (χ1v) is 5.88. The van der Waals surface area contributed by atoms with Gasteiger partial charge in [0.25, 0.3) is 0 Å². The molecule has 1 aliphatic rings. The highest BCUT2D eigenvalue weighted by molar-refractivity contribution is 5.38. The Balaban J connectivity index is 1.73. The molecule has 18 heavy (non-hydrogen) atoms. The Labute approximate surface area is 106 Å². The standard InChI is InChI=1S/C15H14N2O/c16-15(14-10-17-14)11-6-8-13(9-7-11)18-12-4-2-1-3-5-12/h1-10,15,17H,16H2. The van der Waals surface area contributed by atoms with Crippen LogP contribution in [-0.4, -0.2) is 0 Å². The van der Waals surface area contributed by atoms with Gasteiger partial charge in [-0.3, -0.25) is 0 Å². The number of para-hydroxylation sites is 1. The van der Waals surface area contributed by atoms with Crippen molar-refractivity contribution in [3.05, 3.63) is 72.1 Å². The third kappa shape index (κ3) is 2.36. The summed E-state index contributed by atoms with van der Waals surface area (Å²) in [5, 5.41) is 3.02. The molecule has 1 heterocycles. The molecule has 3 heteroatoms. The minimum atomic E-state index is -0.0595. The molecule has 1 atom stereocenters. The molecule has 2 aromatic rings. The van der Waals surface area contributed by atoms with Gasteiger partial charge in [-0.15, -0.1) is 0 Å². The topological polar surface area (TPSA) is 57.2 Å². The smallest absolute Gasteiger partial charge is 0.127 e. The van der Waals surface area contributed by atoms with E-state index in [2.05, 4.69) is 5.32 Å². The maximum Gasteiger partial charge on any atom is 0.127 e. The fourth-order valence-corrected chi connectivity index (χ4v) is 1.77. The molecule has 0 amide bonds. The van der Waals surface area contributed by atoms with Crippen molar-refractivity contribution in [3.63, 3.8) is 0 Å². The van der Waals surface area contributed by atoms with E-state index in [0.717, 1.165) is 22.8 Å². The Hall–Kier alpha value is -2.26. The minimum absolute atomic E-state index is 0.0595. The van der Waals surface area contributed by atoms with Crippen molar-refractivity contribution in [3.8, 4) is 11.5 Å². The number of ether oxygens (including phenoxy) is 1. The van der Waals surface area contributed by atoms with Crippen LogP contribution < -0.4 is 15.8 Å². The minimum Gasteiger partial charge on any atom is -0.457 e. The lowest BCUT2D eigenvalue weighted by Gasteiger charge is -2.09. The highest BCUT2D eigenvalue weighted by Crippen LogP contribution is 2.26. The summed E-state index contributed by atoms with van der Waals surface area (Å²) in [5.74, 6) is 1.65. The average molecular weight is 238 g/mol. The molecule has 0 bridgehead atoms. The van der Waals surface area contributed by atoms with Crippen LogP contribution in [0.2, 0.25) is 0 Å². The van der Waals surface area contributed by atoms with Crippen molar-refractivity contribution in [1.29, 1.82) is 0 Å². The largest absolute Gasteiger partial charge is 0.457 e. The maximum absolute atomic E-state index is 6.03. The van der Waals surface area contributed by atoms with E-state index in [0.29, 0.717) is 0 Å². The van der Waals surface area contributed by atoms with Crippen molar-refractivity contribution < 1.29 is 4.74 Å². The van der Waals surface area contributed by atoms with Crippen molar-refractivity contribution in [2.75, 3.05) is 0 Å². The molecule has 0 spiro atoms. The van der Waals surface area contributed by atoms with E-state index in [1.54, 1.807) is 0 Å². The first kappa shape index (κ1) is 10.9. The first-order chi connectivity index (χ1) is 8.83. The molecule has 1 unspecified atom stereocenters. The van der Waals surface area contributed by atoms with E-state index in [4.69, 9.17) is 10.5 Å². The van der Waals surface area contributed by atoms with E-state index in [1.165, 1.54) is 0 Å². The van der Waals surface area contributed by atoms with Gasteiger partial charge >= 0.3 is 0 Å². The van der Waals surface area contributed by atoms with Gasteiger partial charge in [-0.2, -0.15) is 0 Å². The second kappa shape index (κ2) is 4.55. The zero-order valence-electron chi connectivity index (χ0n) is 9.84. The Morgan fingerprint density at radius 2 is 1.50 bits per heavy atom. The number of nitrogens with two attached hydrogens (primary N) is 1. The Kier molecular flexibility index (Phi) is 2.74. The molecule has 3 N–H and O–H groups in total. The normalized spacial score (nSPS) is 14.4. The van der Waals surface area contributed by atoms with Crippen LogP contribution in [0.1, 0.15) is 11.6 Å². The summed E-state index contributed by atoms with van der Waals surface area (Å²) in [7, 11) is 0. The first-order valence-electron chi connectivity index (χ1n) is 5.88. The highest BCUT2D eigenvalue weighted by Gasteiger charge is 2.17. The van der Waals surface area contributed by atoms with Crippen LogP contribution in [0.4, 0.5) is 0 Å². The van der Waals surface area contributed by atoms with Crippen LogP contribution >= 0.6 is 0 Å². The summed E-state index contributed by atoms with van der Waals surface area (Å²) in [5.41, 5.74) is 8.18. The fraction of sp³-hybridized carbons (Fsp3) is 0.0667. The number of nitrogens with one attached hydrogen (secondary N) is 1. The molecule has 90 valence electrons. The maximum atomic E-state index is 6.03. The molecule has 0 radical (unpaired) electrons. The third-order valence-corrected chi connectivity index (χ3v) is 2.86. The van der Waals surface area contributed by atoms with Gasteiger partial charge in [-0.05, 0) is 29.8 Å². The molecule has 3 rings (SSSR count). The van der Waals surface area contributed by atoms with Crippen LogP contribution in [-0.2, 0) is 0 Å². The monoisotopic (exact) mass is 238 g/mol. The summed E-state index contributed by atoms with van der Waals surface area (Å²) in [6, 6.07) is 17.5. The van der Waals surface area contributed by atoms with Gasteiger partial charge < -0.3 is 15.8 Å². The molecule has 0 fully saturated rings. The summed E-state index contributed by atoms with van der Waals surface area (Å²) < 4.78 is 5.72. The van der Waals surface area contributed by atoms with Crippen molar-refractivity contribution >= 4 is 0 Å². The zero-order chi connectivity index (χ0) is 12.4. The summed E-state index contributed by atoms with van der Waals surface area (Å²) in [4.78, 5) is 0. The quantitative estimate of drug-likeness (QED) is 0.861. The molecule has 0 saturated carbocycles. The Bertz CT molecular complexity index is 561. The summed E-state index contributed by atoms with van der Waals surface area (Å²) in [6.07, 6.45) is 1.92. The van der Waals surface area contributed by atoms with Crippen LogP contribution in [0, 0.1) is 0 Å². The average Bonchev–Trinajstić information content (AvgIpc) is 3.24. The van der Waals surface area contributed by atoms with E-state index in [9.17, 15) is 0 Å². The van der Waals surface area contributed by atoms with E-state index < -0.39 is 0 Å². The van der Waals surface area contributed by atoms with Crippen molar-refractivity contribution in [2.45, 2.75) is 6.04 Å². The molecule has 0 saturated heterocycles. The van der Waals surface area contributed by atoms with Crippen LogP contribution in [0.5, 0.6) is 11.5 Å². The van der Waals surface area contributed by atoms with E-state index in [1.807, 2.05) is 60.8 Å². The molecule has 1 aliphatic heterocycles. The second-order valence-electron chi connectivity index (χ2n) is 4.21. The number of rotatable bonds is 4. The van der Waals surface area contributed by atoms with Gasteiger partial charge in [0.05, 0.1) is 11.7 Å². The predicted octanol–water partition coefficient (Wildman–Crippen LogP) is 2.92. The number of hydrogen-bond acceptors (Lipinski definition) is 3. The SMILES string of the molecule is NC(C1=CN1)c1ccc(Oc2ccccc2)cc1. The number of hydrogen-bond donors (Lipinski definition) is 2. The molecule has 2 aromatic carbocycles. The summed E-state index contributed by atoms with van der Waals surface area (Å²) in [6.45, 7) is 0. The van der Waals surface area contributed by atoms with Crippen LogP contribution in [0.25, 0.3) is 0 Å². The zero-order valence-corrected chi connectivity index (χ0v) is 9.84. The van der Waals surface area contributed by atoms with Crippen molar-refractivity contribution in [1.82, 2.24) is 5.32 Å². The van der Waals surface area contributed by atoms with E-state index in [-0.39, 0.29) is 6.04 Å². The van der Waals surface area contributed by atoms with Gasteiger partial charge in [0.1, 0.15) is 11.5 Å². The predicted molar refractivity (Wildman–Crippen MR) is 71.1 cm³/mol. The van der Waals surface area contributed by atoms with Gasteiger partial charge in [-0.1, -0.05) is 30.3 Å². The van der Waals surface area contributed by atoms with Crippen molar-refractivity contribution in [2.24, 2.45) is 5.73 Å². The molecule has 3 nitrogen and oxygen atoms in total. The lowest BCUT2D eigenvalue weighted by Crippen LogP contribution is -2.11. The van der Waals surface area contributed by atoms with Crippen LogP contribution in [0.3, 0.4) is 0 Å². The lowest BCUT2D eigenvalue weighted by atomic mass is 10.1. The Morgan fingerprint density at radius 3 is 2.11 bits per heavy atom. The number of benzene rings is 2. The second-order valence-corrected chi connectivity index (χ2v) is 4.21. The fourth-order valence-electron chi connectivity index (χ4n) is 1.77. The molecule has 0 aromatic heterocycles. The highest BCUT2D eigenvalue weighted by atomic mass is 16.5. The molecule has 0 aliphatic carbocycles. The van der Waals surface area contributed by atoms with Crippen LogP contribution in [0.15, 0.2) is 66.5 Å². The van der Waals surface area contributed by atoms with Gasteiger partial charge in [-0.25, -0.2) is 0 Å². The molecular formula is C15H14N2O. The van der Waals surface area contributed by atoms with Gasteiger partial charge in [0.2, 0.25) is 0 Å². The summed E-state index contributed by atoms with van der Waals surface area (Å²) >= 11 is 0. The lowest BCUT2D eigenvalue weighted by molar-refractivity contribution is 0.482. The van der Waals surface area contributed by atoms with E-state index >= 15 is 0 Å². The van der Waals surface area contributed by atoms with Gasteiger partial charge in [0.15, 0.2) is 0 Å². The molecular weight excluding hydrogens is 224 g/mol. The Morgan fingerprint density at radius 1 is 0.889 bits per heavy atom.